The molecule has 0 aliphatic heterocycles. The maximum Gasteiger partial charge on any atom is 0.352 e. The molecule has 0 atom stereocenters. The van der Waals surface area contributed by atoms with Crippen molar-refractivity contribution in [1.82, 2.24) is 4.98 Å². The van der Waals surface area contributed by atoms with Gasteiger partial charge < -0.3 is 10.1 Å². The second-order valence-corrected chi connectivity index (χ2v) is 7.11. The van der Waals surface area contributed by atoms with Crippen LogP contribution < -0.4 is 0 Å². The van der Waals surface area contributed by atoms with Gasteiger partial charge in [0.2, 0.25) is 0 Å². The molecule has 0 fully saturated rings. The van der Waals surface area contributed by atoms with E-state index in [0.717, 1.165) is 22.0 Å². The van der Waals surface area contributed by atoms with Crippen LogP contribution in [0.5, 0.6) is 0 Å². The van der Waals surface area contributed by atoms with Crippen LogP contribution in [0.2, 0.25) is 0 Å². The molecule has 22 heavy (non-hydrogen) atoms. The van der Waals surface area contributed by atoms with Crippen LogP contribution in [0.25, 0.3) is 22.0 Å². The molecule has 112 valence electrons. The molecule has 0 aliphatic rings. The first kappa shape index (κ1) is 14.3. The average Bonchev–Trinajstić information content (AvgIpc) is 2.89. The van der Waals surface area contributed by atoms with Gasteiger partial charge in [0.05, 0.1) is 4.90 Å². The highest BCUT2D eigenvalue weighted by atomic mass is 32.2. The summed E-state index contributed by atoms with van der Waals surface area (Å²) < 4.78 is 23.3. The zero-order valence-electron chi connectivity index (χ0n) is 11.7. The molecular formula is C16H13NO4S. The van der Waals surface area contributed by atoms with Crippen LogP contribution in [0.1, 0.15) is 10.5 Å². The quantitative estimate of drug-likeness (QED) is 0.778. The summed E-state index contributed by atoms with van der Waals surface area (Å²) in [4.78, 5) is 14.1. The Hall–Kier alpha value is -2.60. The van der Waals surface area contributed by atoms with Gasteiger partial charge in [-0.05, 0) is 41.5 Å². The van der Waals surface area contributed by atoms with Gasteiger partial charge in [0.15, 0.2) is 9.84 Å². The van der Waals surface area contributed by atoms with Crippen molar-refractivity contribution in [2.75, 3.05) is 6.26 Å². The molecule has 0 radical (unpaired) electrons. The Morgan fingerprint density at radius 3 is 2.45 bits per heavy atom. The highest BCUT2D eigenvalue weighted by Gasteiger charge is 2.10. The molecule has 0 aliphatic carbocycles. The Kier molecular flexibility index (Phi) is 3.26. The molecule has 0 saturated heterocycles. The number of benzene rings is 2. The summed E-state index contributed by atoms with van der Waals surface area (Å²) in [6, 6.07) is 13.7. The number of aromatic nitrogens is 1. The third-order valence-corrected chi connectivity index (χ3v) is 4.56. The summed E-state index contributed by atoms with van der Waals surface area (Å²) in [5.74, 6) is -1.02. The lowest BCUT2D eigenvalue weighted by atomic mass is 10.0. The van der Waals surface area contributed by atoms with Gasteiger partial charge in [0.25, 0.3) is 0 Å². The number of hydrogen-bond acceptors (Lipinski definition) is 3. The summed E-state index contributed by atoms with van der Waals surface area (Å²) in [6.45, 7) is 0. The molecule has 6 heteroatoms. The first-order valence-electron chi connectivity index (χ1n) is 6.51. The summed E-state index contributed by atoms with van der Waals surface area (Å²) in [5, 5.41) is 9.76. The third kappa shape index (κ3) is 2.60. The van der Waals surface area contributed by atoms with Crippen LogP contribution in [0, 0.1) is 0 Å². The standard InChI is InChI=1S/C16H13NO4S/c1-22(20,21)13-4-2-3-10(8-13)11-5-6-14-12(7-11)9-15(17-14)16(18)19/h2-9,17H,1H3,(H,18,19). The van der Waals surface area contributed by atoms with E-state index in [9.17, 15) is 13.2 Å². The summed E-state index contributed by atoms with van der Waals surface area (Å²) >= 11 is 0. The normalized spacial score (nSPS) is 11.7. The lowest BCUT2D eigenvalue weighted by molar-refractivity contribution is 0.0691. The number of hydrogen-bond donors (Lipinski definition) is 2. The lowest BCUT2D eigenvalue weighted by Gasteiger charge is -2.04. The molecule has 2 N–H and O–H groups in total. The molecule has 0 saturated carbocycles. The average molecular weight is 315 g/mol. The molecule has 3 aromatic rings. The molecule has 3 rings (SSSR count). The zero-order valence-corrected chi connectivity index (χ0v) is 12.5. The number of fused-ring (bicyclic) bond motifs is 1. The van der Waals surface area contributed by atoms with Crippen molar-refractivity contribution in [1.29, 1.82) is 0 Å². The van der Waals surface area contributed by atoms with Crippen molar-refractivity contribution < 1.29 is 18.3 Å². The SMILES string of the molecule is CS(=O)(=O)c1cccc(-c2ccc3[nH]c(C(=O)O)cc3c2)c1. The predicted octanol–water partition coefficient (Wildman–Crippen LogP) is 2.94. The fraction of sp³-hybridized carbons (Fsp3) is 0.0625. The van der Waals surface area contributed by atoms with Gasteiger partial charge >= 0.3 is 5.97 Å². The number of carboxylic acids is 1. The van der Waals surface area contributed by atoms with Crippen LogP contribution in [0.15, 0.2) is 53.4 Å². The number of nitrogens with one attached hydrogen (secondary N) is 1. The molecule has 0 spiro atoms. The van der Waals surface area contributed by atoms with E-state index < -0.39 is 15.8 Å². The molecule has 0 bridgehead atoms. The van der Waals surface area contributed by atoms with E-state index in [1.165, 1.54) is 6.26 Å². The van der Waals surface area contributed by atoms with E-state index in [1.807, 2.05) is 18.2 Å². The number of sulfone groups is 1. The number of carboxylic acid groups (broad SMARTS) is 1. The highest BCUT2D eigenvalue weighted by molar-refractivity contribution is 7.90. The van der Waals surface area contributed by atoms with Gasteiger partial charge in [-0.3, -0.25) is 0 Å². The minimum absolute atomic E-state index is 0.122. The minimum atomic E-state index is -3.27. The van der Waals surface area contributed by atoms with Gasteiger partial charge in [-0.2, -0.15) is 0 Å². The highest BCUT2D eigenvalue weighted by Crippen LogP contribution is 2.26. The van der Waals surface area contributed by atoms with Crippen molar-refractivity contribution >= 4 is 26.7 Å². The Balaban J connectivity index is 2.12. The van der Waals surface area contributed by atoms with Crippen LogP contribution in [0.3, 0.4) is 0 Å². The van der Waals surface area contributed by atoms with E-state index in [4.69, 9.17) is 5.11 Å². The van der Waals surface area contributed by atoms with Gasteiger partial charge in [0, 0.05) is 17.2 Å². The maximum absolute atomic E-state index is 11.6. The monoisotopic (exact) mass is 315 g/mol. The van der Waals surface area contributed by atoms with Gasteiger partial charge in [-0.15, -0.1) is 0 Å². The summed E-state index contributed by atoms with van der Waals surface area (Å²) in [5.41, 5.74) is 2.44. The molecule has 1 heterocycles. The molecule has 0 amide bonds. The third-order valence-electron chi connectivity index (χ3n) is 3.45. The largest absolute Gasteiger partial charge is 0.477 e. The number of H-pyrrole nitrogens is 1. The Bertz CT molecular complexity index is 986. The first-order valence-corrected chi connectivity index (χ1v) is 8.40. The van der Waals surface area contributed by atoms with E-state index in [1.54, 1.807) is 30.3 Å². The van der Waals surface area contributed by atoms with Crippen molar-refractivity contribution in [3.05, 3.63) is 54.2 Å². The van der Waals surface area contributed by atoms with Crippen molar-refractivity contribution in [3.8, 4) is 11.1 Å². The second kappa shape index (κ2) is 4.99. The fourth-order valence-electron chi connectivity index (χ4n) is 2.33. The smallest absolute Gasteiger partial charge is 0.352 e. The minimum Gasteiger partial charge on any atom is -0.477 e. The predicted molar refractivity (Wildman–Crippen MR) is 83.8 cm³/mol. The van der Waals surface area contributed by atoms with E-state index in [0.29, 0.717) is 0 Å². The molecule has 0 unspecified atom stereocenters. The van der Waals surface area contributed by atoms with Crippen LogP contribution in [0.4, 0.5) is 0 Å². The van der Waals surface area contributed by atoms with E-state index in [-0.39, 0.29) is 10.6 Å². The molecule has 5 nitrogen and oxygen atoms in total. The molecular weight excluding hydrogens is 302 g/mol. The van der Waals surface area contributed by atoms with Crippen molar-refractivity contribution in [2.45, 2.75) is 4.90 Å². The Morgan fingerprint density at radius 1 is 1.05 bits per heavy atom. The van der Waals surface area contributed by atoms with Gasteiger partial charge in [-0.25, -0.2) is 13.2 Å². The van der Waals surface area contributed by atoms with Crippen LogP contribution in [-0.2, 0) is 9.84 Å². The number of aromatic carboxylic acids is 1. The van der Waals surface area contributed by atoms with Gasteiger partial charge in [0.1, 0.15) is 5.69 Å². The molecule has 2 aromatic carbocycles. The summed E-state index contributed by atoms with van der Waals surface area (Å²) in [6.07, 6.45) is 1.17. The van der Waals surface area contributed by atoms with Crippen molar-refractivity contribution in [2.24, 2.45) is 0 Å². The lowest BCUT2D eigenvalue weighted by Crippen LogP contribution is -1.96. The Labute approximate surface area is 127 Å². The van der Waals surface area contributed by atoms with E-state index >= 15 is 0 Å². The second-order valence-electron chi connectivity index (χ2n) is 5.09. The fourth-order valence-corrected chi connectivity index (χ4v) is 3.00. The topological polar surface area (TPSA) is 87.2 Å². The number of rotatable bonds is 3. The van der Waals surface area contributed by atoms with Crippen molar-refractivity contribution in [3.63, 3.8) is 0 Å². The van der Waals surface area contributed by atoms with Crippen LogP contribution in [-0.4, -0.2) is 30.7 Å². The van der Waals surface area contributed by atoms with E-state index in [2.05, 4.69) is 4.98 Å². The van der Waals surface area contributed by atoms with Gasteiger partial charge in [-0.1, -0.05) is 18.2 Å². The van der Waals surface area contributed by atoms with Crippen LogP contribution >= 0.6 is 0 Å². The number of aromatic amines is 1. The summed E-state index contributed by atoms with van der Waals surface area (Å²) in [7, 11) is -3.27. The Morgan fingerprint density at radius 2 is 1.77 bits per heavy atom. The maximum atomic E-state index is 11.6. The molecule has 1 aromatic heterocycles. The zero-order chi connectivity index (χ0) is 15.9. The first-order chi connectivity index (χ1) is 10.3. The number of carbonyl (C=O) groups is 1.